The Morgan fingerprint density at radius 2 is 2.35 bits per heavy atom. The van der Waals surface area contributed by atoms with Crippen LogP contribution in [0.4, 0.5) is 5.69 Å². The number of benzene rings is 1. The summed E-state index contributed by atoms with van der Waals surface area (Å²) in [4.78, 5) is 2.54. The molecule has 0 amide bonds. The SMILES string of the molecule is COCCNCc1ccc(Br)cc1N1CCSCC1C. The molecule has 1 saturated heterocycles. The van der Waals surface area contributed by atoms with Crippen molar-refractivity contribution in [1.82, 2.24) is 5.32 Å². The van der Waals surface area contributed by atoms with E-state index < -0.39 is 0 Å². The van der Waals surface area contributed by atoms with Crippen LogP contribution in [-0.2, 0) is 11.3 Å². The summed E-state index contributed by atoms with van der Waals surface area (Å²) in [6, 6.07) is 7.19. The second-order valence-corrected chi connectivity index (χ2v) is 7.13. The maximum absolute atomic E-state index is 5.08. The predicted octanol–water partition coefficient (Wildman–Crippen LogP) is 3.13. The topological polar surface area (TPSA) is 24.5 Å². The molecule has 1 unspecified atom stereocenters. The first-order chi connectivity index (χ1) is 9.72. The zero-order chi connectivity index (χ0) is 14.4. The van der Waals surface area contributed by atoms with Crippen molar-refractivity contribution in [3.63, 3.8) is 0 Å². The van der Waals surface area contributed by atoms with Gasteiger partial charge in [-0.15, -0.1) is 0 Å². The van der Waals surface area contributed by atoms with Crippen LogP contribution in [0.25, 0.3) is 0 Å². The van der Waals surface area contributed by atoms with E-state index >= 15 is 0 Å². The van der Waals surface area contributed by atoms with Crippen molar-refractivity contribution in [3.05, 3.63) is 28.2 Å². The molecule has 2 rings (SSSR count). The van der Waals surface area contributed by atoms with Crippen LogP contribution in [0.2, 0.25) is 0 Å². The second-order valence-electron chi connectivity index (χ2n) is 5.06. The molecule has 1 heterocycles. The fourth-order valence-corrected chi connectivity index (χ4v) is 3.80. The first-order valence-corrected chi connectivity index (χ1v) is 8.99. The largest absolute Gasteiger partial charge is 0.383 e. The molecule has 0 radical (unpaired) electrons. The molecular weight excluding hydrogens is 336 g/mol. The van der Waals surface area contributed by atoms with E-state index in [0.717, 1.165) is 30.7 Å². The summed E-state index contributed by atoms with van der Waals surface area (Å²) in [5, 5.41) is 3.44. The zero-order valence-electron chi connectivity index (χ0n) is 12.2. The third kappa shape index (κ3) is 4.38. The van der Waals surface area contributed by atoms with Crippen LogP contribution in [0.15, 0.2) is 22.7 Å². The lowest BCUT2D eigenvalue weighted by atomic mass is 10.1. The number of nitrogens with zero attached hydrogens (tertiary/aromatic N) is 1. The number of anilines is 1. The average Bonchev–Trinajstić information content (AvgIpc) is 2.45. The van der Waals surface area contributed by atoms with Crippen LogP contribution in [0.1, 0.15) is 12.5 Å². The van der Waals surface area contributed by atoms with Gasteiger partial charge in [-0.05, 0) is 24.6 Å². The van der Waals surface area contributed by atoms with E-state index in [4.69, 9.17) is 4.74 Å². The van der Waals surface area contributed by atoms with Crippen LogP contribution < -0.4 is 10.2 Å². The lowest BCUT2D eigenvalue weighted by Crippen LogP contribution is -2.41. The van der Waals surface area contributed by atoms with Gasteiger partial charge < -0.3 is 15.0 Å². The van der Waals surface area contributed by atoms with E-state index in [9.17, 15) is 0 Å². The van der Waals surface area contributed by atoms with Gasteiger partial charge in [-0.1, -0.05) is 22.0 Å². The molecule has 1 atom stereocenters. The standard InChI is InChI=1S/C15H23BrN2OS/c1-12-11-20-8-6-18(12)15-9-14(16)4-3-13(15)10-17-5-7-19-2/h3-4,9,12,17H,5-8,10-11H2,1-2H3. The molecular formula is C15H23BrN2OS. The van der Waals surface area contributed by atoms with Gasteiger partial charge >= 0.3 is 0 Å². The molecule has 1 aliphatic heterocycles. The van der Waals surface area contributed by atoms with Crippen molar-refractivity contribution in [3.8, 4) is 0 Å². The lowest BCUT2D eigenvalue weighted by molar-refractivity contribution is 0.199. The van der Waals surface area contributed by atoms with E-state index in [1.54, 1.807) is 7.11 Å². The van der Waals surface area contributed by atoms with Gasteiger partial charge in [0.15, 0.2) is 0 Å². The highest BCUT2D eigenvalue weighted by Gasteiger charge is 2.21. The minimum atomic E-state index is 0.598. The van der Waals surface area contributed by atoms with Gasteiger partial charge in [0.25, 0.3) is 0 Å². The van der Waals surface area contributed by atoms with E-state index in [-0.39, 0.29) is 0 Å². The zero-order valence-corrected chi connectivity index (χ0v) is 14.6. The molecule has 112 valence electrons. The van der Waals surface area contributed by atoms with Crippen molar-refractivity contribution in [2.75, 3.05) is 43.2 Å². The Morgan fingerprint density at radius 1 is 1.50 bits per heavy atom. The van der Waals surface area contributed by atoms with Crippen molar-refractivity contribution >= 4 is 33.4 Å². The predicted molar refractivity (Wildman–Crippen MR) is 91.9 cm³/mol. The third-order valence-corrected chi connectivity index (χ3v) is 5.21. The molecule has 0 aromatic heterocycles. The number of nitrogens with one attached hydrogen (secondary N) is 1. The van der Waals surface area contributed by atoms with Crippen LogP contribution in [0.3, 0.4) is 0 Å². The fraction of sp³-hybridized carbons (Fsp3) is 0.600. The Balaban J connectivity index is 2.10. The Morgan fingerprint density at radius 3 is 3.10 bits per heavy atom. The van der Waals surface area contributed by atoms with E-state index in [2.05, 4.69) is 63.0 Å². The number of halogens is 1. The smallest absolute Gasteiger partial charge is 0.0587 e. The number of thioether (sulfide) groups is 1. The van der Waals surface area contributed by atoms with E-state index in [1.165, 1.54) is 22.8 Å². The summed E-state index contributed by atoms with van der Waals surface area (Å²) in [6.45, 7) is 5.98. The molecule has 0 aliphatic carbocycles. The van der Waals surface area contributed by atoms with Crippen molar-refractivity contribution in [2.24, 2.45) is 0 Å². The summed E-state index contributed by atoms with van der Waals surface area (Å²) < 4.78 is 6.23. The Labute approximate surface area is 134 Å². The first kappa shape index (κ1) is 16.1. The Bertz CT molecular complexity index is 430. The number of ether oxygens (including phenoxy) is 1. The first-order valence-electron chi connectivity index (χ1n) is 7.05. The Kier molecular flexibility index (Phi) is 6.68. The van der Waals surface area contributed by atoms with Gasteiger partial charge in [0.2, 0.25) is 0 Å². The number of hydrogen-bond acceptors (Lipinski definition) is 4. The number of methoxy groups -OCH3 is 1. The molecule has 0 bridgehead atoms. The van der Waals surface area contributed by atoms with Gasteiger partial charge in [0, 0.05) is 54.5 Å². The van der Waals surface area contributed by atoms with Crippen LogP contribution in [-0.4, -0.2) is 44.4 Å². The van der Waals surface area contributed by atoms with Gasteiger partial charge in [0.05, 0.1) is 6.61 Å². The lowest BCUT2D eigenvalue weighted by Gasteiger charge is -2.36. The number of hydrogen-bond donors (Lipinski definition) is 1. The molecule has 5 heteroatoms. The highest BCUT2D eigenvalue weighted by atomic mass is 79.9. The Hall–Kier alpha value is -0.230. The summed E-state index contributed by atoms with van der Waals surface area (Å²) in [5.74, 6) is 2.43. The third-order valence-electron chi connectivity index (χ3n) is 3.52. The molecule has 1 aromatic carbocycles. The molecule has 1 aromatic rings. The monoisotopic (exact) mass is 358 g/mol. The molecule has 1 aliphatic rings. The van der Waals surface area contributed by atoms with Crippen LogP contribution in [0, 0.1) is 0 Å². The molecule has 0 saturated carbocycles. The minimum absolute atomic E-state index is 0.598. The molecule has 0 spiro atoms. The van der Waals surface area contributed by atoms with Gasteiger partial charge in [-0.2, -0.15) is 11.8 Å². The molecule has 20 heavy (non-hydrogen) atoms. The summed E-state index contributed by atoms with van der Waals surface area (Å²) >= 11 is 5.65. The molecule has 3 nitrogen and oxygen atoms in total. The van der Waals surface area contributed by atoms with Gasteiger partial charge in [-0.3, -0.25) is 0 Å². The summed E-state index contributed by atoms with van der Waals surface area (Å²) in [5.41, 5.74) is 2.72. The minimum Gasteiger partial charge on any atom is -0.383 e. The quantitative estimate of drug-likeness (QED) is 0.789. The second kappa shape index (κ2) is 8.27. The maximum atomic E-state index is 5.08. The summed E-state index contributed by atoms with van der Waals surface area (Å²) in [7, 11) is 1.74. The molecule has 1 N–H and O–H groups in total. The maximum Gasteiger partial charge on any atom is 0.0587 e. The van der Waals surface area contributed by atoms with Crippen molar-refractivity contribution in [1.29, 1.82) is 0 Å². The van der Waals surface area contributed by atoms with Gasteiger partial charge in [-0.25, -0.2) is 0 Å². The van der Waals surface area contributed by atoms with Crippen LogP contribution in [0.5, 0.6) is 0 Å². The van der Waals surface area contributed by atoms with Crippen molar-refractivity contribution < 1.29 is 4.74 Å². The number of rotatable bonds is 6. The van der Waals surface area contributed by atoms with E-state index in [1.807, 2.05) is 0 Å². The summed E-state index contributed by atoms with van der Waals surface area (Å²) in [6.07, 6.45) is 0. The highest BCUT2D eigenvalue weighted by Crippen LogP contribution is 2.30. The van der Waals surface area contributed by atoms with Crippen LogP contribution >= 0.6 is 27.7 Å². The average molecular weight is 359 g/mol. The normalized spacial score (nSPS) is 19.4. The van der Waals surface area contributed by atoms with Gasteiger partial charge in [0.1, 0.15) is 0 Å². The fourth-order valence-electron chi connectivity index (χ4n) is 2.44. The highest BCUT2D eigenvalue weighted by molar-refractivity contribution is 9.10. The molecule has 1 fully saturated rings. The van der Waals surface area contributed by atoms with Crippen molar-refractivity contribution in [2.45, 2.75) is 19.5 Å². The van der Waals surface area contributed by atoms with E-state index in [0.29, 0.717) is 6.04 Å².